The highest BCUT2D eigenvalue weighted by atomic mass is 16.5. The summed E-state index contributed by atoms with van der Waals surface area (Å²) in [6.07, 6.45) is 0.917. The summed E-state index contributed by atoms with van der Waals surface area (Å²) in [5.41, 5.74) is 8.33. The van der Waals surface area contributed by atoms with Crippen LogP contribution in [0.15, 0.2) is 42.5 Å². The molecule has 5 rings (SSSR count). The third-order valence-electron chi connectivity index (χ3n) is 6.18. The van der Waals surface area contributed by atoms with Gasteiger partial charge in [0.1, 0.15) is 17.2 Å². The van der Waals surface area contributed by atoms with E-state index in [1.807, 2.05) is 0 Å². The molecule has 2 aliphatic rings. The van der Waals surface area contributed by atoms with Crippen molar-refractivity contribution in [2.45, 2.75) is 12.8 Å². The number of carbonyl (C=O) groups excluding carboxylic acids is 3. The number of carbonyl (C=O) groups is 3. The van der Waals surface area contributed by atoms with Gasteiger partial charge >= 0.3 is 0 Å². The molecule has 34 heavy (non-hydrogen) atoms. The van der Waals surface area contributed by atoms with E-state index in [0.29, 0.717) is 54.4 Å². The molecule has 10 heteroatoms. The van der Waals surface area contributed by atoms with Crippen molar-refractivity contribution in [2.24, 2.45) is 5.73 Å². The fraction of sp³-hybridized carbons (Fsp3) is 0.250. The summed E-state index contributed by atoms with van der Waals surface area (Å²) in [6, 6.07) is 12.3. The predicted molar refractivity (Wildman–Crippen MR) is 124 cm³/mol. The Morgan fingerprint density at radius 3 is 2.24 bits per heavy atom. The molecule has 10 nitrogen and oxygen atoms in total. The summed E-state index contributed by atoms with van der Waals surface area (Å²) in [5.74, 6) is 0.155. The second kappa shape index (κ2) is 8.22. The van der Waals surface area contributed by atoms with Crippen LogP contribution in [-0.4, -0.2) is 54.8 Å². The van der Waals surface area contributed by atoms with E-state index >= 15 is 0 Å². The zero-order chi connectivity index (χ0) is 24.0. The molecule has 1 saturated heterocycles. The van der Waals surface area contributed by atoms with Crippen LogP contribution in [0, 0.1) is 0 Å². The highest BCUT2D eigenvalue weighted by molar-refractivity contribution is 6.10. The van der Waals surface area contributed by atoms with Crippen molar-refractivity contribution in [1.29, 1.82) is 0 Å². The number of hydrogen-bond acceptors (Lipinski definition) is 6. The van der Waals surface area contributed by atoms with Crippen molar-refractivity contribution in [2.75, 3.05) is 37.1 Å². The first-order valence-corrected chi connectivity index (χ1v) is 10.8. The Labute approximate surface area is 195 Å². The minimum absolute atomic E-state index is 0.0517. The largest absolute Gasteiger partial charge is 0.497 e. The molecule has 0 bridgehead atoms. The molecule has 0 atom stereocenters. The summed E-state index contributed by atoms with van der Waals surface area (Å²) < 4.78 is 12.2. The van der Waals surface area contributed by atoms with Crippen LogP contribution in [0.2, 0.25) is 0 Å². The van der Waals surface area contributed by atoms with Crippen LogP contribution in [0.25, 0.3) is 5.69 Å². The highest BCUT2D eigenvalue weighted by Crippen LogP contribution is 2.37. The van der Waals surface area contributed by atoms with Gasteiger partial charge in [0.2, 0.25) is 5.91 Å². The number of rotatable bonds is 6. The van der Waals surface area contributed by atoms with Crippen LogP contribution >= 0.6 is 0 Å². The molecule has 3 aromatic rings. The lowest BCUT2D eigenvalue weighted by Gasteiger charge is -2.33. The maximum Gasteiger partial charge on any atom is 0.277 e. The number of benzene rings is 2. The van der Waals surface area contributed by atoms with Gasteiger partial charge < -0.3 is 25.0 Å². The summed E-state index contributed by atoms with van der Waals surface area (Å²) in [7, 11) is 3.08. The minimum Gasteiger partial charge on any atom is -0.497 e. The van der Waals surface area contributed by atoms with Crippen LogP contribution in [0.1, 0.15) is 33.0 Å². The molecule has 3 amide bonds. The lowest BCUT2D eigenvalue weighted by atomic mass is 10.0. The molecule has 0 saturated carbocycles. The Hall–Kier alpha value is -4.34. The first kappa shape index (κ1) is 21.5. The van der Waals surface area contributed by atoms with Crippen molar-refractivity contribution in [3.8, 4) is 17.2 Å². The lowest BCUT2D eigenvalue weighted by Crippen LogP contribution is -2.43. The first-order valence-electron chi connectivity index (χ1n) is 10.8. The Balaban J connectivity index is 1.57. The van der Waals surface area contributed by atoms with Gasteiger partial charge in [0.25, 0.3) is 11.8 Å². The van der Waals surface area contributed by atoms with E-state index in [1.54, 1.807) is 59.4 Å². The van der Waals surface area contributed by atoms with Crippen LogP contribution in [-0.2, 0) is 11.2 Å². The molecule has 0 aliphatic carbocycles. The first-order chi connectivity index (χ1) is 16.4. The zero-order valence-electron chi connectivity index (χ0n) is 18.8. The Morgan fingerprint density at radius 1 is 0.941 bits per heavy atom. The molecule has 2 aliphatic heterocycles. The summed E-state index contributed by atoms with van der Waals surface area (Å²) in [6.45, 7) is 0.975. The lowest BCUT2D eigenvalue weighted by molar-refractivity contribution is -0.122. The summed E-state index contributed by atoms with van der Waals surface area (Å²) >= 11 is 0. The maximum absolute atomic E-state index is 13.7. The van der Waals surface area contributed by atoms with Crippen LogP contribution in [0.5, 0.6) is 11.5 Å². The van der Waals surface area contributed by atoms with Gasteiger partial charge in [-0.05, 0) is 42.8 Å². The Morgan fingerprint density at radius 2 is 1.65 bits per heavy atom. The van der Waals surface area contributed by atoms with E-state index in [4.69, 9.17) is 15.2 Å². The van der Waals surface area contributed by atoms with Gasteiger partial charge in [0.05, 0.1) is 25.6 Å². The Kier molecular flexibility index (Phi) is 5.20. The molecule has 0 radical (unpaired) electrons. The summed E-state index contributed by atoms with van der Waals surface area (Å²) in [4.78, 5) is 40.9. The number of anilines is 2. The SMILES string of the molecule is COc1ccc(-n2nc(C(N)=O)c3c2C(=O)N(c2ccc(N4CCC4=O)cc2OC)CC3)cc1. The summed E-state index contributed by atoms with van der Waals surface area (Å²) in [5, 5.41) is 4.38. The average molecular weight is 461 g/mol. The Bertz CT molecular complexity index is 1310. The number of nitrogens with zero attached hydrogens (tertiary/aromatic N) is 4. The molecule has 2 aromatic carbocycles. The van der Waals surface area contributed by atoms with Gasteiger partial charge in [-0.1, -0.05) is 0 Å². The minimum atomic E-state index is -0.689. The number of nitrogens with two attached hydrogens (primary N) is 1. The third kappa shape index (κ3) is 3.35. The second-order valence-electron chi connectivity index (χ2n) is 8.01. The van der Waals surface area contributed by atoms with Crippen molar-refractivity contribution < 1.29 is 23.9 Å². The van der Waals surface area contributed by atoms with E-state index in [9.17, 15) is 14.4 Å². The van der Waals surface area contributed by atoms with Crippen LogP contribution in [0.3, 0.4) is 0 Å². The number of aromatic nitrogens is 2. The van der Waals surface area contributed by atoms with Gasteiger partial charge in [-0.3, -0.25) is 14.4 Å². The molecule has 1 fully saturated rings. The van der Waals surface area contributed by atoms with E-state index in [1.165, 1.54) is 11.8 Å². The van der Waals surface area contributed by atoms with Crippen LogP contribution < -0.4 is 25.0 Å². The molecular weight excluding hydrogens is 438 g/mol. The standard InChI is InChI=1S/C24H23N5O5/c1-33-16-6-3-14(4-7-16)29-22-17(21(26-29)23(25)31)9-11-28(24(22)32)18-8-5-15(13-19(18)34-2)27-12-10-20(27)30/h3-8,13H,9-12H2,1-2H3,(H2,25,31). The number of hydrogen-bond donors (Lipinski definition) is 1. The van der Waals surface area contributed by atoms with Crippen LogP contribution in [0.4, 0.5) is 11.4 Å². The van der Waals surface area contributed by atoms with E-state index in [-0.39, 0.29) is 23.2 Å². The highest BCUT2D eigenvalue weighted by Gasteiger charge is 2.36. The van der Waals surface area contributed by atoms with Crippen molar-refractivity contribution in [1.82, 2.24) is 9.78 Å². The molecular formula is C24H23N5O5. The fourth-order valence-corrected chi connectivity index (χ4v) is 4.34. The molecule has 2 N–H and O–H groups in total. The number of methoxy groups -OCH3 is 2. The molecule has 3 heterocycles. The average Bonchev–Trinajstić information content (AvgIpc) is 3.24. The number of amides is 3. The van der Waals surface area contributed by atoms with E-state index in [0.717, 1.165) is 5.69 Å². The van der Waals surface area contributed by atoms with Crippen molar-refractivity contribution in [3.63, 3.8) is 0 Å². The fourth-order valence-electron chi connectivity index (χ4n) is 4.34. The van der Waals surface area contributed by atoms with Gasteiger partial charge in [-0.2, -0.15) is 5.10 Å². The predicted octanol–water partition coefficient (Wildman–Crippen LogP) is 1.93. The monoisotopic (exact) mass is 461 g/mol. The van der Waals surface area contributed by atoms with Crippen molar-refractivity contribution in [3.05, 3.63) is 59.4 Å². The smallest absolute Gasteiger partial charge is 0.277 e. The van der Waals surface area contributed by atoms with E-state index < -0.39 is 5.91 Å². The molecule has 0 spiro atoms. The van der Waals surface area contributed by atoms with Gasteiger partial charge in [0, 0.05) is 36.8 Å². The molecule has 1 aromatic heterocycles. The van der Waals surface area contributed by atoms with E-state index in [2.05, 4.69) is 5.10 Å². The number of primary amides is 1. The second-order valence-corrected chi connectivity index (χ2v) is 8.01. The third-order valence-corrected chi connectivity index (χ3v) is 6.18. The topological polar surface area (TPSA) is 120 Å². The maximum atomic E-state index is 13.7. The molecule has 0 unspecified atom stereocenters. The zero-order valence-corrected chi connectivity index (χ0v) is 18.8. The molecule has 174 valence electrons. The van der Waals surface area contributed by atoms with Gasteiger partial charge in [-0.25, -0.2) is 4.68 Å². The quantitative estimate of drug-likeness (QED) is 0.560. The number of fused-ring (bicyclic) bond motifs is 1. The van der Waals surface area contributed by atoms with Gasteiger partial charge in [-0.15, -0.1) is 0 Å². The number of ether oxygens (including phenoxy) is 2. The number of β-lactam (4-membered cyclic amide) rings is 1. The van der Waals surface area contributed by atoms with Gasteiger partial charge in [0.15, 0.2) is 5.69 Å². The van der Waals surface area contributed by atoms with Crippen molar-refractivity contribution >= 4 is 29.1 Å². The normalized spacial score (nSPS) is 15.1.